The lowest BCUT2D eigenvalue weighted by Crippen LogP contribution is -2.41. The first-order valence-electron chi connectivity index (χ1n) is 11.9. The second kappa shape index (κ2) is 9.86. The maximum absolute atomic E-state index is 12.9. The molecule has 0 saturated carbocycles. The van der Waals surface area contributed by atoms with E-state index < -0.39 is 11.7 Å². The number of carbonyl (C=O) groups excluding carboxylic acids is 2. The van der Waals surface area contributed by atoms with Crippen LogP contribution in [-0.4, -0.2) is 42.4 Å². The summed E-state index contributed by atoms with van der Waals surface area (Å²) in [6.07, 6.45) is 0.193. The number of rotatable bonds is 6. The van der Waals surface area contributed by atoms with Crippen molar-refractivity contribution in [3.63, 3.8) is 0 Å². The van der Waals surface area contributed by atoms with Gasteiger partial charge in [-0.3, -0.25) is 4.79 Å². The van der Waals surface area contributed by atoms with E-state index in [9.17, 15) is 9.59 Å². The minimum atomic E-state index is -0.555. The summed E-state index contributed by atoms with van der Waals surface area (Å²) >= 11 is 0. The number of alkyl carbamates (subject to hydrolysis) is 1. The molecule has 2 amide bonds. The summed E-state index contributed by atoms with van der Waals surface area (Å²) in [7, 11) is 1.65. The molecule has 7 nitrogen and oxygen atoms in total. The van der Waals surface area contributed by atoms with E-state index >= 15 is 0 Å². The van der Waals surface area contributed by atoms with Gasteiger partial charge in [-0.25, -0.2) is 4.79 Å². The molecule has 0 spiro atoms. The molecular weight excluding hydrogens is 442 g/mol. The molecule has 3 aromatic rings. The summed E-state index contributed by atoms with van der Waals surface area (Å²) < 4.78 is 12.9. The number of ether oxygens (including phenoxy) is 2. The normalized spacial score (nSPS) is 15.2. The number of methoxy groups -OCH3 is 1. The Labute approximate surface area is 206 Å². The van der Waals surface area contributed by atoms with Crippen LogP contribution in [0.2, 0.25) is 0 Å². The highest BCUT2D eigenvalue weighted by molar-refractivity contribution is 5.98. The number of nitrogens with one attached hydrogen (secondary N) is 2. The van der Waals surface area contributed by atoms with Crippen molar-refractivity contribution in [2.75, 3.05) is 20.2 Å². The Bertz CT molecular complexity index is 1240. The van der Waals surface area contributed by atoms with Crippen LogP contribution >= 0.6 is 0 Å². The Morgan fingerprint density at radius 1 is 1.11 bits per heavy atom. The molecule has 2 N–H and O–H groups in total. The molecule has 2 heterocycles. The number of fused-ring (bicyclic) bond motifs is 1. The van der Waals surface area contributed by atoms with Crippen LogP contribution in [0, 0.1) is 6.92 Å². The van der Waals surface area contributed by atoms with Gasteiger partial charge in [0.1, 0.15) is 17.0 Å². The van der Waals surface area contributed by atoms with Gasteiger partial charge >= 0.3 is 6.09 Å². The standard InChI is InChI=1S/C28H33N3O4/c1-18-8-6-10-20(14-18)25-23(19-9-7-11-22(15-19)34-5)16-24-26(32)30-17-21(31(24)25)12-13-29-27(33)35-28(2,3)4/h6-11,14-16,21H,12-13,17H2,1-5H3,(H,29,33)(H,30,32). The first kappa shape index (κ1) is 24.4. The SMILES string of the molecule is COc1cccc(-c2cc3n(c2-c2cccc(C)c2)C(CCNC(=O)OC(C)(C)C)CNC3=O)c1. The quantitative estimate of drug-likeness (QED) is 0.504. The molecule has 0 saturated heterocycles. The molecule has 0 bridgehead atoms. The van der Waals surface area contributed by atoms with Gasteiger partial charge in [-0.1, -0.05) is 35.9 Å². The van der Waals surface area contributed by atoms with E-state index in [0.717, 1.165) is 33.7 Å². The molecular formula is C28H33N3O4. The molecule has 35 heavy (non-hydrogen) atoms. The molecule has 1 aromatic heterocycles. The van der Waals surface area contributed by atoms with Gasteiger partial charge in [-0.15, -0.1) is 0 Å². The average molecular weight is 476 g/mol. The van der Waals surface area contributed by atoms with Crippen LogP contribution in [0.15, 0.2) is 54.6 Å². The number of aromatic nitrogens is 1. The molecule has 1 aliphatic heterocycles. The fourth-order valence-electron chi connectivity index (χ4n) is 4.46. The van der Waals surface area contributed by atoms with Crippen LogP contribution in [0.4, 0.5) is 4.79 Å². The van der Waals surface area contributed by atoms with E-state index in [4.69, 9.17) is 9.47 Å². The maximum Gasteiger partial charge on any atom is 0.407 e. The van der Waals surface area contributed by atoms with Crippen LogP contribution in [0.25, 0.3) is 22.4 Å². The van der Waals surface area contributed by atoms with E-state index in [0.29, 0.717) is 25.2 Å². The highest BCUT2D eigenvalue weighted by Gasteiger charge is 2.31. The zero-order chi connectivity index (χ0) is 25.2. The second-order valence-electron chi connectivity index (χ2n) is 9.84. The van der Waals surface area contributed by atoms with E-state index in [1.165, 1.54) is 0 Å². The van der Waals surface area contributed by atoms with Crippen molar-refractivity contribution in [3.05, 3.63) is 65.9 Å². The molecule has 0 fully saturated rings. The smallest absolute Gasteiger partial charge is 0.407 e. The van der Waals surface area contributed by atoms with Crippen LogP contribution in [-0.2, 0) is 4.74 Å². The molecule has 7 heteroatoms. The third kappa shape index (κ3) is 5.50. The third-order valence-electron chi connectivity index (χ3n) is 5.95. The van der Waals surface area contributed by atoms with Crippen LogP contribution in [0.1, 0.15) is 49.3 Å². The number of hydrogen-bond acceptors (Lipinski definition) is 4. The van der Waals surface area contributed by atoms with Crippen LogP contribution in [0.3, 0.4) is 0 Å². The number of benzene rings is 2. The molecule has 184 valence electrons. The number of carbonyl (C=O) groups is 2. The first-order chi connectivity index (χ1) is 16.7. The highest BCUT2D eigenvalue weighted by Crippen LogP contribution is 2.40. The number of hydrogen-bond donors (Lipinski definition) is 2. The Balaban J connectivity index is 1.75. The van der Waals surface area contributed by atoms with E-state index in [-0.39, 0.29) is 11.9 Å². The zero-order valence-electron chi connectivity index (χ0n) is 21.0. The number of amides is 2. The lowest BCUT2D eigenvalue weighted by Gasteiger charge is -2.29. The molecule has 2 aromatic carbocycles. The fraction of sp³-hybridized carbons (Fsp3) is 0.357. The highest BCUT2D eigenvalue weighted by atomic mass is 16.6. The van der Waals surface area contributed by atoms with Gasteiger partial charge in [-0.05, 0) is 69.5 Å². The number of nitrogens with zero attached hydrogens (tertiary/aromatic N) is 1. The third-order valence-corrected chi connectivity index (χ3v) is 5.95. The van der Waals surface area contributed by atoms with Crippen molar-refractivity contribution >= 4 is 12.0 Å². The second-order valence-corrected chi connectivity index (χ2v) is 9.84. The molecule has 4 rings (SSSR count). The lowest BCUT2D eigenvalue weighted by atomic mass is 9.99. The van der Waals surface area contributed by atoms with Gasteiger partial charge in [-0.2, -0.15) is 0 Å². The van der Waals surface area contributed by atoms with Crippen molar-refractivity contribution < 1.29 is 19.1 Å². The first-order valence-corrected chi connectivity index (χ1v) is 11.9. The largest absolute Gasteiger partial charge is 0.497 e. The van der Waals surface area contributed by atoms with E-state index in [1.54, 1.807) is 7.11 Å². The maximum atomic E-state index is 12.9. The van der Waals surface area contributed by atoms with Gasteiger partial charge < -0.3 is 24.7 Å². The van der Waals surface area contributed by atoms with Crippen molar-refractivity contribution in [2.24, 2.45) is 0 Å². The summed E-state index contributed by atoms with van der Waals surface area (Å²) in [5.74, 6) is 0.647. The van der Waals surface area contributed by atoms with Crippen molar-refractivity contribution in [2.45, 2.75) is 45.8 Å². The van der Waals surface area contributed by atoms with Crippen LogP contribution < -0.4 is 15.4 Å². The van der Waals surface area contributed by atoms with Crippen molar-refractivity contribution in [1.82, 2.24) is 15.2 Å². The van der Waals surface area contributed by atoms with Gasteiger partial charge in [0.2, 0.25) is 0 Å². The predicted molar refractivity (Wildman–Crippen MR) is 137 cm³/mol. The summed E-state index contributed by atoms with van der Waals surface area (Å²) in [6, 6.07) is 18.1. The summed E-state index contributed by atoms with van der Waals surface area (Å²) in [4.78, 5) is 25.1. The summed E-state index contributed by atoms with van der Waals surface area (Å²) in [5.41, 5.74) is 5.14. The van der Waals surface area contributed by atoms with E-state index in [1.807, 2.05) is 57.2 Å². The van der Waals surface area contributed by atoms with Gasteiger partial charge in [0.15, 0.2) is 0 Å². The summed E-state index contributed by atoms with van der Waals surface area (Å²) in [6.45, 7) is 8.47. The summed E-state index contributed by atoms with van der Waals surface area (Å²) in [5, 5.41) is 5.86. The van der Waals surface area contributed by atoms with Crippen molar-refractivity contribution in [3.8, 4) is 28.1 Å². The fourth-order valence-corrected chi connectivity index (χ4v) is 4.46. The molecule has 1 atom stereocenters. The van der Waals surface area contributed by atoms with E-state index in [2.05, 4.69) is 40.3 Å². The molecule has 0 radical (unpaired) electrons. The minimum absolute atomic E-state index is 0.0347. The Morgan fingerprint density at radius 3 is 2.57 bits per heavy atom. The minimum Gasteiger partial charge on any atom is -0.497 e. The predicted octanol–water partition coefficient (Wildman–Crippen LogP) is 5.34. The molecule has 1 aliphatic rings. The Morgan fingerprint density at radius 2 is 1.86 bits per heavy atom. The molecule has 1 unspecified atom stereocenters. The number of aryl methyl sites for hydroxylation is 1. The van der Waals surface area contributed by atoms with Gasteiger partial charge in [0, 0.05) is 18.7 Å². The molecule has 0 aliphatic carbocycles. The van der Waals surface area contributed by atoms with Gasteiger partial charge in [0.05, 0.1) is 18.8 Å². The van der Waals surface area contributed by atoms with Crippen LogP contribution in [0.5, 0.6) is 5.75 Å². The zero-order valence-corrected chi connectivity index (χ0v) is 21.0. The topological polar surface area (TPSA) is 81.6 Å². The van der Waals surface area contributed by atoms with Crippen molar-refractivity contribution in [1.29, 1.82) is 0 Å². The lowest BCUT2D eigenvalue weighted by molar-refractivity contribution is 0.0524. The average Bonchev–Trinajstić information content (AvgIpc) is 3.21. The Kier molecular flexibility index (Phi) is 6.87. The monoisotopic (exact) mass is 475 g/mol. The Hall–Kier alpha value is -3.74. The van der Waals surface area contributed by atoms with Gasteiger partial charge in [0.25, 0.3) is 5.91 Å².